The number of nitrogens with one attached hydrogen (secondary N) is 2. The third-order valence-corrected chi connectivity index (χ3v) is 3.85. The molecule has 1 aliphatic heterocycles. The molecule has 0 aromatic rings. The first-order chi connectivity index (χ1) is 9.08. The summed E-state index contributed by atoms with van der Waals surface area (Å²) in [5.41, 5.74) is 5.95. The van der Waals surface area contributed by atoms with E-state index in [0.29, 0.717) is 0 Å². The molecule has 1 saturated carbocycles. The van der Waals surface area contributed by atoms with Crippen LogP contribution in [-0.4, -0.2) is 48.4 Å². The van der Waals surface area contributed by atoms with Crippen LogP contribution in [0, 0.1) is 5.92 Å². The normalized spacial score (nSPS) is 34.8. The monoisotopic (exact) mass is 271 g/mol. The Morgan fingerprint density at radius 3 is 2.47 bits per heavy atom. The van der Waals surface area contributed by atoms with Crippen LogP contribution >= 0.6 is 0 Å². The smallest absolute Gasteiger partial charge is 0.315 e. The molecule has 1 heterocycles. The van der Waals surface area contributed by atoms with Crippen LogP contribution in [0.25, 0.3) is 0 Å². The van der Waals surface area contributed by atoms with Crippen LogP contribution in [-0.2, 0) is 9.53 Å². The molecule has 108 valence electrons. The topological polar surface area (TPSA) is 114 Å². The summed E-state index contributed by atoms with van der Waals surface area (Å²) >= 11 is 0. The number of hydrogen-bond donors (Lipinski definition) is 4. The molecule has 0 bridgehead atoms. The third kappa shape index (κ3) is 3.57. The van der Waals surface area contributed by atoms with Crippen LogP contribution in [0.1, 0.15) is 25.7 Å². The van der Waals surface area contributed by atoms with Crippen molar-refractivity contribution in [3.05, 3.63) is 0 Å². The Morgan fingerprint density at radius 2 is 1.79 bits per heavy atom. The summed E-state index contributed by atoms with van der Waals surface area (Å²) in [6, 6.07) is -0.879. The van der Waals surface area contributed by atoms with Crippen molar-refractivity contribution in [3.8, 4) is 0 Å². The molecule has 4 unspecified atom stereocenters. The summed E-state index contributed by atoms with van der Waals surface area (Å²) in [5.74, 6) is -1.62. The van der Waals surface area contributed by atoms with E-state index in [1.165, 1.54) is 0 Å². The fraction of sp³-hybridized carbons (Fsp3) is 0.833. The molecule has 1 aliphatic carbocycles. The molecule has 4 atom stereocenters. The van der Waals surface area contributed by atoms with Crippen molar-refractivity contribution in [3.63, 3.8) is 0 Å². The minimum Gasteiger partial charge on any atom is -0.481 e. The Balaban J connectivity index is 1.82. The number of amides is 2. The van der Waals surface area contributed by atoms with Crippen LogP contribution in [0.3, 0.4) is 0 Å². The van der Waals surface area contributed by atoms with Crippen molar-refractivity contribution in [1.82, 2.24) is 10.6 Å². The summed E-state index contributed by atoms with van der Waals surface area (Å²) < 4.78 is 5.09. The number of ether oxygens (including phenoxy) is 1. The van der Waals surface area contributed by atoms with Gasteiger partial charge in [0.15, 0.2) is 0 Å². The number of carbonyl (C=O) groups is 2. The van der Waals surface area contributed by atoms with Gasteiger partial charge in [-0.1, -0.05) is 12.8 Å². The van der Waals surface area contributed by atoms with Gasteiger partial charge in [-0.05, 0) is 12.8 Å². The zero-order valence-corrected chi connectivity index (χ0v) is 10.8. The average Bonchev–Trinajstić information content (AvgIpc) is 2.80. The van der Waals surface area contributed by atoms with Gasteiger partial charge in [-0.15, -0.1) is 0 Å². The highest BCUT2D eigenvalue weighted by Crippen LogP contribution is 2.17. The zero-order chi connectivity index (χ0) is 13.8. The lowest BCUT2D eigenvalue weighted by atomic mass is 9.91. The predicted octanol–water partition coefficient (Wildman–Crippen LogP) is -0.345. The second-order valence-corrected chi connectivity index (χ2v) is 5.26. The molecule has 2 rings (SSSR count). The third-order valence-electron chi connectivity index (χ3n) is 3.85. The molecule has 0 radical (unpaired) electrons. The first-order valence-electron chi connectivity index (χ1n) is 6.71. The Hall–Kier alpha value is -1.34. The zero-order valence-electron chi connectivity index (χ0n) is 10.8. The minimum absolute atomic E-state index is 0.0189. The van der Waals surface area contributed by atoms with Crippen molar-refractivity contribution < 1.29 is 19.4 Å². The van der Waals surface area contributed by atoms with Crippen molar-refractivity contribution in [1.29, 1.82) is 0 Å². The summed E-state index contributed by atoms with van der Waals surface area (Å²) in [4.78, 5) is 22.8. The number of carboxylic acid groups (broad SMARTS) is 1. The maximum atomic E-state index is 11.9. The first-order valence-corrected chi connectivity index (χ1v) is 6.71. The fourth-order valence-corrected chi connectivity index (χ4v) is 2.66. The fourth-order valence-electron chi connectivity index (χ4n) is 2.66. The molecule has 1 saturated heterocycles. The van der Waals surface area contributed by atoms with Gasteiger partial charge < -0.3 is 26.2 Å². The van der Waals surface area contributed by atoms with E-state index >= 15 is 0 Å². The highest BCUT2D eigenvalue weighted by Gasteiger charge is 2.35. The molecule has 0 aromatic carbocycles. The van der Waals surface area contributed by atoms with Gasteiger partial charge >= 0.3 is 12.0 Å². The number of carbonyl (C=O) groups excluding carboxylic acids is 1. The Bertz CT molecular complexity index is 350. The molecule has 2 amide bonds. The second-order valence-electron chi connectivity index (χ2n) is 5.26. The molecule has 7 nitrogen and oxygen atoms in total. The van der Waals surface area contributed by atoms with E-state index < -0.39 is 17.9 Å². The van der Waals surface area contributed by atoms with Gasteiger partial charge in [0.05, 0.1) is 19.3 Å². The van der Waals surface area contributed by atoms with Gasteiger partial charge in [0.25, 0.3) is 0 Å². The average molecular weight is 271 g/mol. The molecule has 0 aromatic heterocycles. The summed E-state index contributed by atoms with van der Waals surface area (Å²) in [7, 11) is 0. The number of urea groups is 1. The van der Waals surface area contributed by atoms with E-state index in [2.05, 4.69) is 10.6 Å². The van der Waals surface area contributed by atoms with Crippen LogP contribution < -0.4 is 16.4 Å². The Labute approximate surface area is 111 Å². The summed E-state index contributed by atoms with van der Waals surface area (Å²) in [6.45, 7) is 0.379. The molecule has 2 fully saturated rings. The van der Waals surface area contributed by atoms with Gasteiger partial charge in [-0.3, -0.25) is 4.79 Å². The number of carboxylic acids is 1. The second kappa shape index (κ2) is 6.21. The van der Waals surface area contributed by atoms with Crippen molar-refractivity contribution >= 4 is 12.0 Å². The quantitative estimate of drug-likeness (QED) is 0.560. The lowest BCUT2D eigenvalue weighted by Gasteiger charge is -2.30. The Morgan fingerprint density at radius 1 is 1.11 bits per heavy atom. The number of aliphatic carboxylic acids is 1. The number of rotatable bonds is 3. The predicted molar refractivity (Wildman–Crippen MR) is 67.6 cm³/mol. The van der Waals surface area contributed by atoms with E-state index in [1.54, 1.807) is 0 Å². The van der Waals surface area contributed by atoms with Crippen LogP contribution in [0.2, 0.25) is 0 Å². The molecule has 7 heteroatoms. The molecular formula is C12H21N3O4. The van der Waals surface area contributed by atoms with Gasteiger partial charge in [0.1, 0.15) is 5.92 Å². The van der Waals surface area contributed by atoms with Crippen molar-refractivity contribution in [2.45, 2.75) is 43.8 Å². The van der Waals surface area contributed by atoms with E-state index in [1.807, 2.05) is 0 Å². The largest absolute Gasteiger partial charge is 0.481 e. The summed E-state index contributed by atoms with van der Waals surface area (Å²) in [5, 5.41) is 14.5. The van der Waals surface area contributed by atoms with Crippen molar-refractivity contribution in [2.75, 3.05) is 13.2 Å². The van der Waals surface area contributed by atoms with Gasteiger partial charge in [-0.2, -0.15) is 0 Å². The van der Waals surface area contributed by atoms with E-state index in [0.717, 1.165) is 25.7 Å². The molecular weight excluding hydrogens is 250 g/mol. The standard InChI is InChI=1S/C12H21N3O4/c13-8-3-1-2-4-9(8)14-12(18)15-10-6-19-5-7(10)11(16)17/h7-10H,1-6,13H2,(H,16,17)(H2,14,15,18). The highest BCUT2D eigenvalue weighted by molar-refractivity contribution is 5.77. The van der Waals surface area contributed by atoms with E-state index in [-0.39, 0.29) is 31.3 Å². The SMILES string of the molecule is NC1CCCCC1NC(=O)NC1COCC1C(=O)O. The highest BCUT2D eigenvalue weighted by atomic mass is 16.5. The maximum Gasteiger partial charge on any atom is 0.315 e. The number of nitrogens with two attached hydrogens (primary N) is 1. The molecule has 2 aliphatic rings. The van der Waals surface area contributed by atoms with E-state index in [9.17, 15) is 9.59 Å². The summed E-state index contributed by atoms with van der Waals surface area (Å²) in [6.07, 6.45) is 3.94. The lowest BCUT2D eigenvalue weighted by Crippen LogP contribution is -2.55. The maximum absolute atomic E-state index is 11.9. The molecule has 0 spiro atoms. The van der Waals surface area contributed by atoms with Crippen molar-refractivity contribution in [2.24, 2.45) is 11.7 Å². The van der Waals surface area contributed by atoms with Gasteiger partial charge in [0.2, 0.25) is 0 Å². The van der Waals surface area contributed by atoms with Gasteiger partial charge in [0, 0.05) is 12.1 Å². The molecule has 19 heavy (non-hydrogen) atoms. The van der Waals surface area contributed by atoms with Crippen LogP contribution in [0.15, 0.2) is 0 Å². The molecule has 5 N–H and O–H groups in total. The van der Waals surface area contributed by atoms with E-state index in [4.69, 9.17) is 15.6 Å². The Kier molecular flexibility index (Phi) is 4.60. The van der Waals surface area contributed by atoms with Crippen LogP contribution in [0.5, 0.6) is 0 Å². The van der Waals surface area contributed by atoms with Crippen LogP contribution in [0.4, 0.5) is 4.79 Å². The minimum atomic E-state index is -0.947. The first kappa shape index (κ1) is 14.1. The van der Waals surface area contributed by atoms with Gasteiger partial charge in [-0.25, -0.2) is 4.79 Å². The lowest BCUT2D eigenvalue weighted by molar-refractivity contribution is -0.142. The number of hydrogen-bond acceptors (Lipinski definition) is 4.